The lowest BCUT2D eigenvalue weighted by molar-refractivity contribution is -0.137. The molecule has 7 nitrogen and oxygen atoms in total. The third kappa shape index (κ3) is 4.55. The minimum Gasteiger partial charge on any atom is -0.362 e. The molecule has 3 aromatic carbocycles. The second-order valence-corrected chi connectivity index (χ2v) is 8.70. The molecule has 0 unspecified atom stereocenters. The molecule has 0 aliphatic carbocycles. The smallest absolute Gasteiger partial charge is 0.362 e. The number of carbonyl (C=O) groups is 1. The summed E-state index contributed by atoms with van der Waals surface area (Å²) in [5.41, 5.74) is 5.04. The van der Waals surface area contributed by atoms with E-state index in [0.29, 0.717) is 28.5 Å². The van der Waals surface area contributed by atoms with Crippen LogP contribution in [0.1, 0.15) is 16.8 Å². The Morgan fingerprint density at radius 2 is 1.58 bits per heavy atom. The van der Waals surface area contributed by atoms with Crippen molar-refractivity contribution < 1.29 is 18.0 Å². The van der Waals surface area contributed by atoms with Crippen LogP contribution in [0.25, 0.3) is 34.4 Å². The Balaban J connectivity index is 1.21. The number of rotatable bonds is 5. The number of nitrogens with zero attached hydrogens (tertiary/aromatic N) is 2. The Morgan fingerprint density at radius 1 is 0.816 bits per heavy atom. The van der Waals surface area contributed by atoms with Gasteiger partial charge in [0.25, 0.3) is 5.91 Å². The summed E-state index contributed by atoms with van der Waals surface area (Å²) >= 11 is 0. The first-order valence-electron chi connectivity index (χ1n) is 11.6. The molecule has 6 rings (SSSR count). The number of anilines is 3. The van der Waals surface area contributed by atoms with Crippen molar-refractivity contribution in [2.75, 3.05) is 10.6 Å². The van der Waals surface area contributed by atoms with Crippen LogP contribution in [0.4, 0.5) is 30.2 Å². The van der Waals surface area contributed by atoms with Crippen LogP contribution >= 0.6 is 0 Å². The van der Waals surface area contributed by atoms with E-state index in [-0.39, 0.29) is 5.91 Å². The molecule has 38 heavy (non-hydrogen) atoms. The van der Waals surface area contributed by atoms with Crippen LogP contribution in [0.3, 0.4) is 0 Å². The first-order chi connectivity index (χ1) is 18.3. The van der Waals surface area contributed by atoms with Gasteiger partial charge in [-0.15, -0.1) is 10.2 Å². The number of nitrogens with one attached hydrogen (secondary N) is 4. The molecule has 1 aliphatic heterocycles. The second-order valence-electron chi connectivity index (χ2n) is 8.70. The van der Waals surface area contributed by atoms with E-state index in [0.717, 1.165) is 40.3 Å². The Morgan fingerprint density at radius 3 is 2.32 bits per heavy atom. The van der Waals surface area contributed by atoms with Gasteiger partial charge in [0, 0.05) is 40.0 Å². The number of aromatic amines is 2. The number of benzene rings is 3. The maximum Gasteiger partial charge on any atom is 0.416 e. The third-order valence-electron chi connectivity index (χ3n) is 6.12. The van der Waals surface area contributed by atoms with Gasteiger partial charge in [-0.1, -0.05) is 30.3 Å². The number of hydrogen-bond donors (Lipinski definition) is 4. The van der Waals surface area contributed by atoms with Gasteiger partial charge >= 0.3 is 6.18 Å². The van der Waals surface area contributed by atoms with Crippen LogP contribution in [-0.2, 0) is 11.0 Å². The standard InChI is InChI=1S/C28H19F3N6O/c29-28(30,31)18-8-6-16(7-9-18)25-35-26(37-36-25)17-3-1-4-20(13-17)33-21-10-11-22-23(14-19-5-2-12-32-19)27(38)34-24(22)15-21/h1-15,32-33H,(H,34,38)(H,35,36,37)/b23-14-. The van der Waals surface area contributed by atoms with Crippen molar-refractivity contribution in [3.8, 4) is 22.8 Å². The fourth-order valence-corrected chi connectivity index (χ4v) is 4.26. The molecule has 0 spiro atoms. The lowest BCUT2D eigenvalue weighted by Crippen LogP contribution is -2.04. The zero-order valence-electron chi connectivity index (χ0n) is 19.6. The predicted octanol–water partition coefficient (Wildman–Crippen LogP) is 6.72. The van der Waals surface area contributed by atoms with E-state index >= 15 is 0 Å². The summed E-state index contributed by atoms with van der Waals surface area (Å²) in [5.74, 6) is 0.677. The molecule has 188 valence electrons. The monoisotopic (exact) mass is 512 g/mol. The molecule has 0 saturated heterocycles. The predicted molar refractivity (Wildman–Crippen MR) is 139 cm³/mol. The molecule has 4 N–H and O–H groups in total. The van der Waals surface area contributed by atoms with E-state index in [2.05, 4.69) is 30.8 Å². The van der Waals surface area contributed by atoms with Crippen LogP contribution in [-0.4, -0.2) is 26.1 Å². The number of fused-ring (bicyclic) bond motifs is 1. The van der Waals surface area contributed by atoms with Crippen molar-refractivity contribution in [3.05, 3.63) is 102 Å². The molecule has 1 amide bonds. The highest BCUT2D eigenvalue weighted by molar-refractivity contribution is 6.35. The Hall–Kier alpha value is -5.12. The van der Waals surface area contributed by atoms with E-state index in [1.807, 2.05) is 60.7 Å². The molecule has 1 aliphatic rings. The van der Waals surface area contributed by atoms with E-state index in [1.165, 1.54) is 12.1 Å². The molecule has 5 aromatic rings. The van der Waals surface area contributed by atoms with Crippen LogP contribution in [0.5, 0.6) is 0 Å². The van der Waals surface area contributed by atoms with Gasteiger partial charge in [-0.2, -0.15) is 13.2 Å². The first kappa shape index (κ1) is 23.3. The van der Waals surface area contributed by atoms with E-state index in [1.54, 1.807) is 6.20 Å². The molecule has 0 bridgehead atoms. The van der Waals surface area contributed by atoms with Crippen LogP contribution in [0.15, 0.2) is 85.1 Å². The average molecular weight is 512 g/mol. The summed E-state index contributed by atoms with van der Waals surface area (Å²) in [4.78, 5) is 18.7. The summed E-state index contributed by atoms with van der Waals surface area (Å²) in [6.45, 7) is 0. The SMILES string of the molecule is O=C1Nc2cc(Nc3cccc(-c4nnc(-c5ccc(C(F)(F)F)cc5)[nH]4)c3)ccc2/C1=C/c1ccc[nH]1. The van der Waals surface area contributed by atoms with Gasteiger partial charge in [-0.05, 0) is 54.6 Å². The zero-order chi connectivity index (χ0) is 26.3. The third-order valence-corrected chi connectivity index (χ3v) is 6.12. The van der Waals surface area contributed by atoms with Crippen LogP contribution < -0.4 is 10.6 Å². The summed E-state index contributed by atoms with van der Waals surface area (Å²) in [6, 6.07) is 21.6. The number of halogens is 3. The molecular formula is C28H19F3N6O. The summed E-state index contributed by atoms with van der Waals surface area (Å²) < 4.78 is 38.5. The van der Waals surface area contributed by atoms with Crippen molar-refractivity contribution in [2.24, 2.45) is 0 Å². The topological polar surface area (TPSA) is 98.5 Å². The highest BCUT2D eigenvalue weighted by Crippen LogP contribution is 2.36. The van der Waals surface area contributed by atoms with Gasteiger partial charge in [0.2, 0.25) is 0 Å². The Bertz CT molecular complexity index is 1670. The first-order valence-corrected chi connectivity index (χ1v) is 11.6. The average Bonchev–Trinajstić information content (AvgIpc) is 3.65. The number of amides is 1. The van der Waals surface area contributed by atoms with Crippen molar-refractivity contribution >= 4 is 34.6 Å². The maximum absolute atomic E-state index is 12.8. The highest BCUT2D eigenvalue weighted by Gasteiger charge is 2.30. The Kier molecular flexibility index (Phi) is 5.56. The number of aromatic nitrogens is 4. The second kappa shape index (κ2) is 9.07. The van der Waals surface area contributed by atoms with E-state index in [4.69, 9.17) is 0 Å². The van der Waals surface area contributed by atoms with Gasteiger partial charge in [0.15, 0.2) is 11.6 Å². The molecule has 10 heteroatoms. The minimum atomic E-state index is -4.40. The number of H-pyrrole nitrogens is 2. The fourth-order valence-electron chi connectivity index (χ4n) is 4.26. The van der Waals surface area contributed by atoms with E-state index in [9.17, 15) is 18.0 Å². The number of carbonyl (C=O) groups excluding carboxylic acids is 1. The molecule has 0 saturated carbocycles. The highest BCUT2D eigenvalue weighted by atomic mass is 19.4. The summed E-state index contributed by atoms with van der Waals surface area (Å²) in [7, 11) is 0. The normalized spacial score (nSPS) is 14.0. The van der Waals surface area contributed by atoms with Crippen LogP contribution in [0, 0.1) is 0 Å². The molecule has 0 atom stereocenters. The minimum absolute atomic E-state index is 0.164. The lowest BCUT2D eigenvalue weighted by Gasteiger charge is -2.09. The Labute approximate surface area is 214 Å². The molecule has 0 fully saturated rings. The van der Waals surface area contributed by atoms with Gasteiger partial charge < -0.3 is 20.6 Å². The van der Waals surface area contributed by atoms with Gasteiger partial charge in [-0.25, -0.2) is 0 Å². The summed E-state index contributed by atoms with van der Waals surface area (Å²) in [6.07, 6.45) is -0.784. The largest absolute Gasteiger partial charge is 0.416 e. The van der Waals surface area contributed by atoms with Gasteiger partial charge in [0.1, 0.15) is 0 Å². The molecule has 2 aromatic heterocycles. The van der Waals surface area contributed by atoms with Gasteiger partial charge in [-0.3, -0.25) is 4.79 Å². The lowest BCUT2D eigenvalue weighted by atomic mass is 10.1. The zero-order valence-corrected chi connectivity index (χ0v) is 19.6. The summed E-state index contributed by atoms with van der Waals surface area (Å²) in [5, 5.41) is 14.5. The van der Waals surface area contributed by atoms with Crippen molar-refractivity contribution in [2.45, 2.75) is 6.18 Å². The molecule has 0 radical (unpaired) electrons. The molecular weight excluding hydrogens is 493 g/mol. The van der Waals surface area contributed by atoms with Crippen molar-refractivity contribution in [1.82, 2.24) is 20.2 Å². The van der Waals surface area contributed by atoms with Gasteiger partial charge in [0.05, 0.1) is 16.8 Å². The van der Waals surface area contributed by atoms with E-state index < -0.39 is 11.7 Å². The maximum atomic E-state index is 12.8. The van der Waals surface area contributed by atoms with Crippen LogP contribution in [0.2, 0.25) is 0 Å². The quantitative estimate of drug-likeness (QED) is 0.197. The van der Waals surface area contributed by atoms with Crippen molar-refractivity contribution in [1.29, 1.82) is 0 Å². The fraction of sp³-hybridized carbons (Fsp3) is 0.0357. The number of hydrogen-bond acceptors (Lipinski definition) is 4. The van der Waals surface area contributed by atoms with Crippen molar-refractivity contribution in [3.63, 3.8) is 0 Å². The number of alkyl halides is 3. The molecule has 3 heterocycles.